The molecule has 1 heterocycles. The van der Waals surface area contributed by atoms with Crippen LogP contribution in [0.3, 0.4) is 0 Å². The van der Waals surface area contributed by atoms with Crippen molar-refractivity contribution in [1.82, 2.24) is 4.98 Å². The highest BCUT2D eigenvalue weighted by Crippen LogP contribution is 2.29. The fourth-order valence-corrected chi connectivity index (χ4v) is 4.27. The minimum Gasteiger partial charge on any atom is -0.399 e. The molecule has 0 bridgehead atoms. The molecule has 0 amide bonds. The van der Waals surface area contributed by atoms with Crippen LogP contribution in [-0.2, 0) is 10.0 Å². The van der Waals surface area contributed by atoms with Gasteiger partial charge in [-0.25, -0.2) is 8.42 Å². The number of aromatic nitrogens is 1. The molecule has 20 heavy (non-hydrogen) atoms. The predicted octanol–water partition coefficient (Wildman–Crippen LogP) is 2.64. The Morgan fingerprint density at radius 1 is 1.25 bits per heavy atom. The summed E-state index contributed by atoms with van der Waals surface area (Å²) in [6, 6.07) is 8.03. The molecule has 0 saturated heterocycles. The summed E-state index contributed by atoms with van der Waals surface area (Å²) in [5, 5.41) is 0. The number of pyridine rings is 1. The van der Waals surface area contributed by atoms with Crippen molar-refractivity contribution < 1.29 is 8.42 Å². The van der Waals surface area contributed by atoms with Crippen molar-refractivity contribution in [3.05, 3.63) is 47.2 Å². The van der Waals surface area contributed by atoms with Crippen LogP contribution in [0.2, 0.25) is 0 Å². The van der Waals surface area contributed by atoms with E-state index >= 15 is 0 Å². The topological polar surface area (TPSA) is 76.3 Å². The standard InChI is InChI=1S/C13H14BrN3O2S/c1-2-17(11-5-7-16-8-6-11)20(18,19)13-9-10(15)3-4-12(13)14/h3-9H,2,15H2,1H3. The second-order valence-electron chi connectivity index (χ2n) is 4.07. The van der Waals surface area contributed by atoms with Gasteiger partial charge in [0.1, 0.15) is 4.90 Å². The lowest BCUT2D eigenvalue weighted by Gasteiger charge is -2.23. The molecule has 2 N–H and O–H groups in total. The van der Waals surface area contributed by atoms with E-state index in [2.05, 4.69) is 20.9 Å². The van der Waals surface area contributed by atoms with Gasteiger partial charge in [-0.1, -0.05) is 0 Å². The summed E-state index contributed by atoms with van der Waals surface area (Å²) < 4.78 is 27.3. The van der Waals surface area contributed by atoms with Gasteiger partial charge < -0.3 is 5.73 Å². The number of rotatable bonds is 4. The summed E-state index contributed by atoms with van der Waals surface area (Å²) in [4.78, 5) is 4.05. The number of nitrogen functional groups attached to an aromatic ring is 1. The molecule has 0 saturated carbocycles. The molecule has 0 fully saturated rings. The fraction of sp³-hybridized carbons (Fsp3) is 0.154. The van der Waals surface area contributed by atoms with Gasteiger partial charge in [0.05, 0.1) is 5.69 Å². The van der Waals surface area contributed by atoms with Gasteiger partial charge in [-0.3, -0.25) is 9.29 Å². The summed E-state index contributed by atoms with van der Waals surface area (Å²) in [7, 11) is -3.68. The maximum Gasteiger partial charge on any atom is 0.265 e. The molecule has 2 rings (SSSR count). The van der Waals surface area contributed by atoms with E-state index in [-0.39, 0.29) is 4.90 Å². The summed E-state index contributed by atoms with van der Waals surface area (Å²) in [5.41, 5.74) is 6.66. The van der Waals surface area contributed by atoms with Gasteiger partial charge in [0.2, 0.25) is 0 Å². The minimum atomic E-state index is -3.68. The lowest BCUT2D eigenvalue weighted by atomic mass is 10.3. The smallest absolute Gasteiger partial charge is 0.265 e. The van der Waals surface area contributed by atoms with Crippen LogP contribution >= 0.6 is 15.9 Å². The highest BCUT2D eigenvalue weighted by Gasteiger charge is 2.25. The molecular weight excluding hydrogens is 342 g/mol. The molecular formula is C13H14BrN3O2S. The number of nitrogens with zero attached hydrogens (tertiary/aromatic N) is 2. The first kappa shape index (κ1) is 14.8. The lowest BCUT2D eigenvalue weighted by Crippen LogP contribution is -2.31. The summed E-state index contributed by atoms with van der Waals surface area (Å²) in [6.45, 7) is 2.09. The Morgan fingerprint density at radius 2 is 1.90 bits per heavy atom. The molecule has 0 unspecified atom stereocenters. The molecule has 0 aliphatic carbocycles. The second kappa shape index (κ2) is 5.80. The van der Waals surface area contributed by atoms with Gasteiger partial charge in [0.25, 0.3) is 10.0 Å². The van der Waals surface area contributed by atoms with Gasteiger partial charge in [-0.15, -0.1) is 0 Å². The average molecular weight is 356 g/mol. The van der Waals surface area contributed by atoms with Crippen LogP contribution in [0.25, 0.3) is 0 Å². The summed E-state index contributed by atoms with van der Waals surface area (Å²) in [5.74, 6) is 0. The number of anilines is 2. The Kier molecular flexibility index (Phi) is 4.29. The molecule has 106 valence electrons. The number of halogens is 1. The Morgan fingerprint density at radius 3 is 2.50 bits per heavy atom. The van der Waals surface area contributed by atoms with Gasteiger partial charge in [0.15, 0.2) is 0 Å². The van der Waals surface area contributed by atoms with Crippen LogP contribution < -0.4 is 10.0 Å². The van der Waals surface area contributed by atoms with E-state index in [4.69, 9.17) is 5.73 Å². The van der Waals surface area contributed by atoms with E-state index in [0.717, 1.165) is 0 Å². The third-order valence-corrected chi connectivity index (χ3v) is 5.66. The maximum absolute atomic E-state index is 12.8. The predicted molar refractivity (Wildman–Crippen MR) is 83.0 cm³/mol. The largest absolute Gasteiger partial charge is 0.399 e. The number of hydrogen-bond donors (Lipinski definition) is 1. The molecule has 0 spiro atoms. The quantitative estimate of drug-likeness (QED) is 0.855. The van der Waals surface area contributed by atoms with E-state index in [0.29, 0.717) is 22.4 Å². The zero-order chi connectivity index (χ0) is 14.8. The van der Waals surface area contributed by atoms with Crippen LogP contribution in [-0.4, -0.2) is 19.9 Å². The molecule has 0 aliphatic rings. The van der Waals surface area contributed by atoms with E-state index in [9.17, 15) is 8.42 Å². The third-order valence-electron chi connectivity index (χ3n) is 2.76. The van der Waals surface area contributed by atoms with Crippen LogP contribution in [0, 0.1) is 0 Å². The third kappa shape index (κ3) is 2.78. The minimum absolute atomic E-state index is 0.149. The van der Waals surface area contributed by atoms with E-state index in [1.54, 1.807) is 43.6 Å². The maximum atomic E-state index is 12.8. The van der Waals surface area contributed by atoms with Gasteiger partial charge in [-0.05, 0) is 53.2 Å². The monoisotopic (exact) mass is 355 g/mol. The fourth-order valence-electron chi connectivity index (χ4n) is 1.84. The first-order chi connectivity index (χ1) is 9.46. The van der Waals surface area contributed by atoms with E-state index in [1.165, 1.54) is 10.4 Å². The van der Waals surface area contributed by atoms with E-state index < -0.39 is 10.0 Å². The highest BCUT2D eigenvalue weighted by atomic mass is 79.9. The first-order valence-electron chi connectivity index (χ1n) is 5.94. The highest BCUT2D eigenvalue weighted by molar-refractivity contribution is 9.10. The van der Waals surface area contributed by atoms with Crippen LogP contribution in [0.15, 0.2) is 52.1 Å². The average Bonchev–Trinajstić information content (AvgIpc) is 2.43. The van der Waals surface area contributed by atoms with Crippen molar-refractivity contribution in [2.75, 3.05) is 16.6 Å². The summed E-state index contributed by atoms with van der Waals surface area (Å²) in [6.07, 6.45) is 3.11. The molecule has 5 nitrogen and oxygen atoms in total. The molecule has 2 aromatic rings. The van der Waals surface area contributed by atoms with Crippen molar-refractivity contribution in [3.8, 4) is 0 Å². The Balaban J connectivity index is 2.56. The van der Waals surface area contributed by atoms with Crippen molar-refractivity contribution >= 4 is 37.3 Å². The lowest BCUT2D eigenvalue weighted by molar-refractivity contribution is 0.591. The van der Waals surface area contributed by atoms with Gasteiger partial charge in [-0.2, -0.15) is 0 Å². The number of nitrogens with two attached hydrogens (primary N) is 1. The van der Waals surface area contributed by atoms with Crippen molar-refractivity contribution in [2.45, 2.75) is 11.8 Å². The van der Waals surface area contributed by atoms with Gasteiger partial charge in [0, 0.05) is 29.1 Å². The number of benzene rings is 1. The van der Waals surface area contributed by atoms with Crippen molar-refractivity contribution in [1.29, 1.82) is 0 Å². The Bertz CT molecular complexity index is 705. The normalized spacial score (nSPS) is 11.3. The Hall–Kier alpha value is -1.60. The molecule has 1 aromatic carbocycles. The van der Waals surface area contributed by atoms with Gasteiger partial charge >= 0.3 is 0 Å². The van der Waals surface area contributed by atoms with Crippen LogP contribution in [0.1, 0.15) is 6.92 Å². The van der Waals surface area contributed by atoms with Crippen molar-refractivity contribution in [2.24, 2.45) is 0 Å². The SMILES string of the molecule is CCN(c1ccncc1)S(=O)(=O)c1cc(N)ccc1Br. The van der Waals surface area contributed by atoms with Crippen molar-refractivity contribution in [3.63, 3.8) is 0 Å². The number of hydrogen-bond acceptors (Lipinski definition) is 4. The molecule has 0 radical (unpaired) electrons. The summed E-state index contributed by atoms with van der Waals surface area (Å²) >= 11 is 3.26. The Labute approximate surface area is 126 Å². The second-order valence-corrected chi connectivity index (χ2v) is 6.75. The molecule has 1 aromatic heterocycles. The first-order valence-corrected chi connectivity index (χ1v) is 8.18. The molecule has 0 atom stereocenters. The van der Waals surface area contributed by atoms with E-state index in [1.807, 2.05) is 0 Å². The zero-order valence-electron chi connectivity index (χ0n) is 10.8. The zero-order valence-corrected chi connectivity index (χ0v) is 13.2. The molecule has 0 aliphatic heterocycles. The molecule has 7 heteroatoms. The van der Waals surface area contributed by atoms with Crippen LogP contribution in [0.4, 0.5) is 11.4 Å². The van der Waals surface area contributed by atoms with Crippen LogP contribution in [0.5, 0.6) is 0 Å². The number of sulfonamides is 1.